The van der Waals surface area contributed by atoms with Gasteiger partial charge in [0.2, 0.25) is 0 Å². The molecule has 112 valence electrons. The Morgan fingerprint density at radius 3 is 2.62 bits per heavy atom. The van der Waals surface area contributed by atoms with Gasteiger partial charge in [-0.15, -0.1) is 0 Å². The molecule has 1 saturated heterocycles. The molecule has 6 heteroatoms. The number of hydrogen-bond acceptors (Lipinski definition) is 3. The average Bonchev–Trinajstić information content (AvgIpc) is 2.54. The van der Waals surface area contributed by atoms with Crippen molar-refractivity contribution in [2.24, 2.45) is 5.92 Å². The molecule has 0 aromatic heterocycles. The summed E-state index contributed by atoms with van der Waals surface area (Å²) in [6.07, 6.45) is 0.483. The molecule has 21 heavy (non-hydrogen) atoms. The summed E-state index contributed by atoms with van der Waals surface area (Å²) in [5.41, 5.74) is 1.78. The molecule has 0 aliphatic carbocycles. The number of aliphatic carboxylic acids is 1. The van der Waals surface area contributed by atoms with E-state index in [1.807, 2.05) is 24.3 Å². The lowest BCUT2D eigenvalue weighted by atomic mass is 9.93. The smallest absolute Gasteiger partial charge is 0.324 e. The second-order valence-corrected chi connectivity index (χ2v) is 5.50. The normalized spacial score (nSPS) is 21.8. The van der Waals surface area contributed by atoms with E-state index in [0.717, 1.165) is 24.3 Å². The molecule has 1 aromatic rings. The summed E-state index contributed by atoms with van der Waals surface area (Å²) in [5, 5.41) is 12.5. The lowest BCUT2D eigenvalue weighted by Gasteiger charge is -2.37. The van der Waals surface area contributed by atoms with Crippen LogP contribution in [0, 0.1) is 5.92 Å². The Balaban J connectivity index is 1.88. The van der Waals surface area contributed by atoms with Crippen molar-refractivity contribution in [3.8, 4) is 0 Å². The topological polar surface area (TPSA) is 72.9 Å². The summed E-state index contributed by atoms with van der Waals surface area (Å²) in [6, 6.07) is 7.49. The molecule has 0 saturated carbocycles. The standard InChI is InChI=1S/C15H19N3O3/c19-14(20)12-9-11-3-1-2-4-13(11)18(10-12)15(21)17-7-5-16-6-8-17/h1-4,12,16H,5-10H2,(H,19,20). The van der Waals surface area contributed by atoms with Crippen molar-refractivity contribution in [1.29, 1.82) is 0 Å². The predicted molar refractivity (Wildman–Crippen MR) is 78.5 cm³/mol. The van der Waals surface area contributed by atoms with E-state index < -0.39 is 11.9 Å². The average molecular weight is 289 g/mol. The van der Waals surface area contributed by atoms with E-state index in [-0.39, 0.29) is 12.6 Å². The van der Waals surface area contributed by atoms with Crippen LogP contribution in [0.15, 0.2) is 24.3 Å². The molecule has 2 aliphatic rings. The molecule has 6 nitrogen and oxygen atoms in total. The number of anilines is 1. The van der Waals surface area contributed by atoms with Gasteiger partial charge >= 0.3 is 12.0 Å². The van der Waals surface area contributed by atoms with E-state index in [9.17, 15) is 14.7 Å². The predicted octanol–water partition coefficient (Wildman–Crippen LogP) is 0.775. The van der Waals surface area contributed by atoms with Gasteiger partial charge in [0, 0.05) is 38.4 Å². The molecule has 0 radical (unpaired) electrons. The second-order valence-electron chi connectivity index (χ2n) is 5.50. The van der Waals surface area contributed by atoms with Gasteiger partial charge in [0.15, 0.2) is 0 Å². The minimum Gasteiger partial charge on any atom is -0.481 e. The Morgan fingerprint density at radius 1 is 1.19 bits per heavy atom. The van der Waals surface area contributed by atoms with Crippen LogP contribution in [0.5, 0.6) is 0 Å². The minimum atomic E-state index is -0.845. The molecule has 0 bridgehead atoms. The van der Waals surface area contributed by atoms with Crippen LogP contribution in [0.25, 0.3) is 0 Å². The number of rotatable bonds is 1. The lowest BCUT2D eigenvalue weighted by molar-refractivity contribution is -0.141. The number of piperazine rings is 1. The Labute approximate surface area is 123 Å². The number of carboxylic acid groups (broad SMARTS) is 1. The third-order valence-corrected chi connectivity index (χ3v) is 4.12. The summed E-state index contributed by atoms with van der Waals surface area (Å²) in [4.78, 5) is 27.5. The van der Waals surface area contributed by atoms with Crippen LogP contribution < -0.4 is 10.2 Å². The third kappa shape index (κ3) is 2.71. The van der Waals surface area contributed by atoms with Gasteiger partial charge in [-0.1, -0.05) is 18.2 Å². The van der Waals surface area contributed by atoms with Gasteiger partial charge in [-0.3, -0.25) is 9.69 Å². The van der Waals surface area contributed by atoms with Crippen LogP contribution in [0.3, 0.4) is 0 Å². The van der Waals surface area contributed by atoms with Crippen LogP contribution in [0.1, 0.15) is 5.56 Å². The highest BCUT2D eigenvalue weighted by atomic mass is 16.4. The van der Waals surface area contributed by atoms with Gasteiger partial charge < -0.3 is 15.3 Å². The molecule has 1 fully saturated rings. The number of amides is 2. The summed E-state index contributed by atoms with van der Waals surface area (Å²) in [7, 11) is 0. The highest BCUT2D eigenvalue weighted by Crippen LogP contribution is 2.30. The zero-order valence-electron chi connectivity index (χ0n) is 11.8. The largest absolute Gasteiger partial charge is 0.481 e. The first-order valence-corrected chi connectivity index (χ1v) is 7.24. The van der Waals surface area contributed by atoms with Gasteiger partial charge in [0.1, 0.15) is 0 Å². The maximum absolute atomic E-state index is 12.7. The zero-order valence-corrected chi connectivity index (χ0v) is 11.8. The van der Waals surface area contributed by atoms with Gasteiger partial charge in [-0.2, -0.15) is 0 Å². The van der Waals surface area contributed by atoms with E-state index in [1.165, 1.54) is 0 Å². The van der Waals surface area contributed by atoms with Crippen LogP contribution in [-0.2, 0) is 11.2 Å². The molecule has 1 atom stereocenters. The van der Waals surface area contributed by atoms with Gasteiger partial charge in [0.05, 0.1) is 5.92 Å². The Hall–Kier alpha value is -2.08. The molecule has 2 heterocycles. The number of carbonyl (C=O) groups excluding carboxylic acids is 1. The minimum absolute atomic E-state index is 0.0881. The fourth-order valence-corrected chi connectivity index (χ4v) is 2.97. The molecule has 3 rings (SSSR count). The number of fused-ring (bicyclic) bond motifs is 1. The fourth-order valence-electron chi connectivity index (χ4n) is 2.97. The number of urea groups is 1. The number of nitrogens with zero attached hydrogens (tertiary/aromatic N) is 2. The highest BCUT2D eigenvalue weighted by molar-refractivity contribution is 5.94. The number of benzene rings is 1. The Kier molecular flexibility index (Phi) is 3.79. The van der Waals surface area contributed by atoms with Gasteiger partial charge in [-0.25, -0.2) is 4.79 Å². The summed E-state index contributed by atoms with van der Waals surface area (Å²) in [5.74, 6) is -1.38. The van der Waals surface area contributed by atoms with Crippen LogP contribution in [0.2, 0.25) is 0 Å². The third-order valence-electron chi connectivity index (χ3n) is 4.12. The van der Waals surface area contributed by atoms with E-state index in [0.29, 0.717) is 19.5 Å². The first kappa shape index (κ1) is 13.9. The van der Waals surface area contributed by atoms with Crippen molar-refractivity contribution in [3.05, 3.63) is 29.8 Å². The fraction of sp³-hybridized carbons (Fsp3) is 0.467. The monoisotopic (exact) mass is 289 g/mol. The van der Waals surface area contributed by atoms with Crippen LogP contribution in [-0.4, -0.2) is 54.7 Å². The zero-order chi connectivity index (χ0) is 14.8. The maximum Gasteiger partial charge on any atom is 0.324 e. The van der Waals surface area contributed by atoms with Crippen molar-refractivity contribution in [2.75, 3.05) is 37.6 Å². The summed E-state index contributed by atoms with van der Waals surface area (Å²) < 4.78 is 0. The molecule has 2 amide bonds. The Bertz CT molecular complexity index is 555. The van der Waals surface area contributed by atoms with E-state index in [4.69, 9.17) is 0 Å². The number of para-hydroxylation sites is 1. The van der Waals surface area contributed by atoms with Crippen molar-refractivity contribution in [2.45, 2.75) is 6.42 Å². The quantitative estimate of drug-likeness (QED) is 0.801. The van der Waals surface area contributed by atoms with Gasteiger partial charge in [-0.05, 0) is 18.1 Å². The van der Waals surface area contributed by atoms with E-state index >= 15 is 0 Å². The number of carbonyl (C=O) groups is 2. The Morgan fingerprint density at radius 2 is 1.90 bits per heavy atom. The summed E-state index contributed by atoms with van der Waals surface area (Å²) in [6.45, 7) is 3.13. The van der Waals surface area contributed by atoms with Crippen molar-refractivity contribution < 1.29 is 14.7 Å². The molecule has 2 aliphatic heterocycles. The number of carboxylic acids is 1. The van der Waals surface area contributed by atoms with Crippen LogP contribution in [0.4, 0.5) is 10.5 Å². The van der Waals surface area contributed by atoms with Crippen molar-refractivity contribution in [3.63, 3.8) is 0 Å². The molecular weight excluding hydrogens is 270 g/mol. The van der Waals surface area contributed by atoms with Crippen LogP contribution >= 0.6 is 0 Å². The first-order valence-electron chi connectivity index (χ1n) is 7.24. The lowest BCUT2D eigenvalue weighted by Crippen LogP contribution is -2.54. The molecule has 2 N–H and O–H groups in total. The summed E-state index contributed by atoms with van der Waals surface area (Å²) >= 11 is 0. The van der Waals surface area contributed by atoms with E-state index in [2.05, 4.69) is 5.32 Å². The van der Waals surface area contributed by atoms with Crippen molar-refractivity contribution in [1.82, 2.24) is 10.2 Å². The van der Waals surface area contributed by atoms with Crippen molar-refractivity contribution >= 4 is 17.7 Å². The SMILES string of the molecule is O=C(O)C1Cc2ccccc2N(C(=O)N2CCNCC2)C1. The van der Waals surface area contributed by atoms with Gasteiger partial charge in [0.25, 0.3) is 0 Å². The highest BCUT2D eigenvalue weighted by Gasteiger charge is 2.34. The first-order chi connectivity index (χ1) is 10.2. The maximum atomic E-state index is 12.7. The number of nitrogens with one attached hydrogen (secondary N) is 1. The van der Waals surface area contributed by atoms with E-state index in [1.54, 1.807) is 9.80 Å². The molecule has 0 spiro atoms. The second kappa shape index (κ2) is 5.73. The number of hydrogen-bond donors (Lipinski definition) is 2. The molecule has 1 aromatic carbocycles. The molecule has 1 unspecified atom stereocenters. The molecular formula is C15H19N3O3.